The molecule has 0 saturated carbocycles. The molecule has 3 aromatic carbocycles. The van der Waals surface area contributed by atoms with Crippen molar-refractivity contribution in [2.75, 3.05) is 24.6 Å². The van der Waals surface area contributed by atoms with Crippen molar-refractivity contribution in [3.63, 3.8) is 0 Å². The number of Topliss-reactive ketones (excluding diaryl/α,β-unsaturated/α-hetero) is 1. The molecule has 1 saturated heterocycles. The molecule has 1 aliphatic heterocycles. The number of aliphatic carboxylic acids is 2. The van der Waals surface area contributed by atoms with Crippen LogP contribution in [0.15, 0.2) is 85.6 Å². The number of rotatable bonds is 35. The molecule has 528 valence electrons. The largest absolute Gasteiger partial charge is 0.508 e. The molecule has 9 amide bonds. The Bertz CT molecular complexity index is 3830. The summed E-state index contributed by atoms with van der Waals surface area (Å²) in [4.78, 5) is 177. The third-order valence-corrected chi connectivity index (χ3v) is 17.0. The molecule has 0 radical (unpaired) electrons. The molecule has 0 aliphatic carbocycles. The molecule has 4 heterocycles. The topological polar surface area (TPSA) is 465 Å². The molecule has 0 bridgehead atoms. The lowest BCUT2D eigenvalue weighted by molar-refractivity contribution is -0.147. The standard InChI is InChI=1S/C63H78F2N14O13S2.C2H4O2/c1-33(72-56(86)35(6-3-4-17-66)21-42(81)15-19-93)55(85)73-47(22-36-28-69-45-13-9-38(64)24-43(36)45)57(87)74-48(23-37-29-70-46-14-10-39(65)25-44(37)46)58(88)76-50(27-53(82)83)60(90)75-49(26-40-30-68-32-71-40)59(89)77-51(20-34-7-11-41(80)12-8-34)61(91)79-18-5-16-63(79,2)62(92)78-52(31-94)54(67)84;1-2(3)4/h7-14,24-25,28-30,32-33,35,47-52,69-70,80,93-94H,3-6,15-23,26-27,31,66H2,1-2H3,(H2,67,84)(H,68,71)(H,72,86)(H,73,85)(H,74,87)(H,75,90)(H,76,88)(H,77,89)(H,78,92)(H,82,83);1H3,(H,3,4)/t33-,35-,47+,48+,49+,50+,51+,52+,63+;/m1./s1. The summed E-state index contributed by atoms with van der Waals surface area (Å²) >= 11 is 8.25. The minimum atomic E-state index is -2.05. The lowest BCUT2D eigenvalue weighted by Crippen LogP contribution is -2.63. The van der Waals surface area contributed by atoms with Crippen molar-refractivity contribution in [1.29, 1.82) is 0 Å². The molecule has 98 heavy (non-hydrogen) atoms. The van der Waals surface area contributed by atoms with Gasteiger partial charge in [-0.2, -0.15) is 25.3 Å². The fraction of sp³-hybridized carbons (Fsp3) is 0.431. The summed E-state index contributed by atoms with van der Waals surface area (Å²) in [6.45, 7) is 4.27. The number of nitrogens with one attached hydrogen (secondary N) is 10. The van der Waals surface area contributed by atoms with Crippen LogP contribution in [-0.4, -0.2) is 183 Å². The van der Waals surface area contributed by atoms with Crippen LogP contribution in [0.2, 0.25) is 0 Å². The van der Waals surface area contributed by atoms with E-state index >= 15 is 9.59 Å². The Kier molecular flexibility index (Phi) is 28.7. The van der Waals surface area contributed by atoms with E-state index in [1.54, 1.807) is 0 Å². The fourth-order valence-electron chi connectivity index (χ4n) is 11.2. The Morgan fingerprint density at radius 3 is 1.70 bits per heavy atom. The van der Waals surface area contributed by atoms with E-state index < -0.39 is 143 Å². The van der Waals surface area contributed by atoms with Gasteiger partial charge in [0.25, 0.3) is 5.97 Å². The van der Waals surface area contributed by atoms with Gasteiger partial charge in [0.2, 0.25) is 53.2 Å². The molecule has 7 rings (SSSR count). The number of benzene rings is 3. The van der Waals surface area contributed by atoms with Crippen LogP contribution in [0.1, 0.15) is 94.5 Å². The zero-order valence-corrected chi connectivity index (χ0v) is 55.7. The summed E-state index contributed by atoms with van der Waals surface area (Å²) in [6, 6.07) is 2.06. The highest BCUT2D eigenvalue weighted by molar-refractivity contribution is 7.80. The number of carbonyl (C=O) groups is 12. The summed E-state index contributed by atoms with van der Waals surface area (Å²) in [7, 11) is 0. The molecule has 0 spiro atoms. The molecular formula is C65H82F2N14O15S2. The minimum absolute atomic E-state index is 0.0230. The first-order valence-corrected chi connectivity index (χ1v) is 32.7. The maximum absolute atomic E-state index is 15.0. The van der Waals surface area contributed by atoms with Crippen LogP contribution in [0.25, 0.3) is 21.8 Å². The van der Waals surface area contributed by atoms with Crippen LogP contribution >= 0.6 is 25.3 Å². The Balaban J connectivity index is 0.00000368. The van der Waals surface area contributed by atoms with Crippen LogP contribution in [0.5, 0.6) is 5.75 Å². The molecule has 6 aromatic rings. The van der Waals surface area contributed by atoms with Crippen molar-refractivity contribution in [2.24, 2.45) is 17.4 Å². The number of likely N-dealkylation sites (tertiary alicyclic amines) is 1. The average molecular weight is 1400 g/mol. The van der Waals surface area contributed by atoms with Gasteiger partial charge in [0.05, 0.1) is 12.7 Å². The van der Waals surface area contributed by atoms with Crippen LogP contribution in [0, 0.1) is 17.6 Å². The van der Waals surface area contributed by atoms with E-state index in [1.807, 2.05) is 0 Å². The minimum Gasteiger partial charge on any atom is -0.508 e. The smallest absolute Gasteiger partial charge is 0.305 e. The zero-order valence-electron chi connectivity index (χ0n) is 54.0. The molecule has 29 nitrogen and oxygen atoms in total. The van der Waals surface area contributed by atoms with Gasteiger partial charge in [-0.15, -0.1) is 0 Å². The molecule has 17 N–H and O–H groups in total. The SMILES string of the molecule is CC(=O)O.C[C@@H](NC(=O)[C@H](CCCCN)CC(=O)CCS)C(=O)N[C@@H](Cc1c[nH]c2ccc(F)cc12)C(=O)N[C@@H](Cc1c[nH]c2ccc(F)cc12)C(=O)N[C@@H](CC(=O)O)C(=O)N[C@@H](Cc1cnc[nH]1)C(=O)N[C@@H](Cc1ccc(O)cc1)C(=O)N1CCC[C@@]1(C)C(=O)N[C@@H](CS)C(N)=O. The number of imidazole rings is 1. The van der Waals surface area contributed by atoms with E-state index in [0.29, 0.717) is 53.4 Å². The number of hydrogen-bond acceptors (Lipinski definition) is 17. The number of thiol groups is 2. The summed E-state index contributed by atoms with van der Waals surface area (Å²) in [5.41, 5.74) is 11.7. The van der Waals surface area contributed by atoms with Crippen LogP contribution in [0.3, 0.4) is 0 Å². The van der Waals surface area contributed by atoms with Gasteiger partial charge in [-0.05, 0) is 117 Å². The van der Waals surface area contributed by atoms with E-state index in [9.17, 15) is 62.1 Å². The second-order valence-corrected chi connectivity index (χ2v) is 24.7. The van der Waals surface area contributed by atoms with E-state index in [0.717, 1.165) is 13.0 Å². The van der Waals surface area contributed by atoms with Gasteiger partial charge in [0, 0.05) is 110 Å². The number of aromatic amines is 3. The number of unbranched alkanes of at least 4 members (excludes halogenated alkanes) is 1. The molecule has 1 fully saturated rings. The zero-order chi connectivity index (χ0) is 72.0. The number of phenols is 1. The van der Waals surface area contributed by atoms with E-state index in [1.165, 1.54) is 98.3 Å². The van der Waals surface area contributed by atoms with E-state index in [2.05, 4.69) is 82.4 Å². The number of hydrogen-bond donors (Lipinski definition) is 17. The van der Waals surface area contributed by atoms with Crippen molar-refractivity contribution in [1.82, 2.24) is 62.1 Å². The number of nitrogens with two attached hydrogens (primary N) is 2. The predicted molar refractivity (Wildman–Crippen MR) is 360 cm³/mol. The number of carboxylic acids is 2. The summed E-state index contributed by atoms with van der Waals surface area (Å²) in [5.74, 6) is -13.3. The number of H-pyrrole nitrogens is 3. The van der Waals surface area contributed by atoms with Crippen molar-refractivity contribution in [2.45, 2.75) is 146 Å². The highest BCUT2D eigenvalue weighted by Gasteiger charge is 2.48. The molecule has 1 aliphatic rings. The quantitative estimate of drug-likeness (QED) is 0.0198. The van der Waals surface area contributed by atoms with Gasteiger partial charge in [-0.3, -0.25) is 57.5 Å². The number of primary amides is 1. The number of carbonyl (C=O) groups excluding carboxylic acids is 10. The van der Waals surface area contributed by atoms with E-state index in [-0.39, 0.29) is 91.2 Å². The molecular weight excluding hydrogens is 1320 g/mol. The van der Waals surface area contributed by atoms with Gasteiger partial charge in [0.1, 0.15) is 71.0 Å². The Morgan fingerprint density at radius 2 is 1.19 bits per heavy atom. The van der Waals surface area contributed by atoms with Gasteiger partial charge < -0.3 is 83.9 Å². The first-order valence-electron chi connectivity index (χ1n) is 31.4. The lowest BCUT2D eigenvalue weighted by atomic mass is 9.94. The Hall–Kier alpha value is -9.89. The maximum Gasteiger partial charge on any atom is 0.305 e. The number of nitrogens with zero attached hydrogens (tertiary/aromatic N) is 2. The first-order chi connectivity index (χ1) is 46.5. The van der Waals surface area contributed by atoms with Gasteiger partial charge >= 0.3 is 5.97 Å². The number of fused-ring (bicyclic) bond motifs is 2. The highest BCUT2D eigenvalue weighted by Crippen LogP contribution is 2.31. The van der Waals surface area contributed by atoms with Crippen LogP contribution in [-0.2, 0) is 83.2 Å². The third-order valence-electron chi connectivity index (χ3n) is 16.4. The number of halogens is 2. The number of aromatic hydroxyl groups is 1. The maximum atomic E-state index is 15.0. The van der Waals surface area contributed by atoms with Crippen molar-refractivity contribution < 1.29 is 81.6 Å². The number of carboxylic acid groups (broad SMARTS) is 2. The number of aromatic nitrogens is 4. The summed E-state index contributed by atoms with van der Waals surface area (Å²) < 4.78 is 29.7. The average Bonchev–Trinajstić information content (AvgIpc) is 1.56. The molecule has 3 aromatic heterocycles. The van der Waals surface area contributed by atoms with Crippen LogP contribution in [0.4, 0.5) is 8.78 Å². The predicted octanol–water partition coefficient (Wildman–Crippen LogP) is 1.43. The molecule has 33 heteroatoms. The van der Waals surface area contributed by atoms with Gasteiger partial charge in [-0.1, -0.05) is 18.6 Å². The van der Waals surface area contributed by atoms with Gasteiger partial charge in [0.15, 0.2) is 0 Å². The number of amides is 9. The molecule has 0 unspecified atom stereocenters. The Labute approximate surface area is 572 Å². The third kappa shape index (κ3) is 22.1. The lowest BCUT2D eigenvalue weighted by Gasteiger charge is -2.37. The number of phenolic OH excluding ortho intramolecular Hbond substituents is 1. The summed E-state index contributed by atoms with van der Waals surface area (Å²) in [6.07, 6.45) is 4.65. The van der Waals surface area contributed by atoms with E-state index in [4.69, 9.17) is 21.4 Å². The molecule has 9 atom stereocenters. The van der Waals surface area contributed by atoms with Crippen LogP contribution < -0.4 is 48.7 Å². The normalized spacial score (nSPS) is 15.9. The fourth-order valence-corrected chi connectivity index (χ4v) is 11.7. The second kappa shape index (κ2) is 36.5. The van der Waals surface area contributed by atoms with Crippen molar-refractivity contribution in [3.05, 3.63) is 120 Å². The highest BCUT2D eigenvalue weighted by atomic mass is 32.1. The first kappa shape index (κ1) is 77.1. The van der Waals surface area contributed by atoms with Gasteiger partial charge in [-0.25, -0.2) is 13.8 Å². The van der Waals surface area contributed by atoms with Crippen molar-refractivity contribution in [3.8, 4) is 5.75 Å². The Morgan fingerprint density at radius 1 is 0.663 bits per heavy atom. The van der Waals surface area contributed by atoms with Crippen molar-refractivity contribution >= 4 is 118 Å². The second-order valence-electron chi connectivity index (χ2n) is 23.9. The summed E-state index contributed by atoms with van der Waals surface area (Å²) in [5, 5.41) is 46.4. The number of ketones is 1. The monoisotopic (exact) mass is 1400 g/mol.